The molecule has 0 saturated carbocycles. The summed E-state index contributed by atoms with van der Waals surface area (Å²) in [4.78, 5) is 30.2. The van der Waals surface area contributed by atoms with Gasteiger partial charge in [0.25, 0.3) is 11.3 Å². The molecule has 1 aromatic heterocycles. The molecule has 0 bridgehead atoms. The number of carbonyl (C=O) groups excluding carboxylic acids is 1. The number of aromatic nitrogens is 2. The van der Waals surface area contributed by atoms with E-state index in [1.54, 1.807) is 0 Å². The highest BCUT2D eigenvalue weighted by atomic mass is 32.2. The molecule has 1 aromatic carbocycles. The number of nitrogens with zero attached hydrogens (tertiary/aromatic N) is 1. The average Bonchev–Trinajstić information content (AvgIpc) is 2.86. The van der Waals surface area contributed by atoms with Gasteiger partial charge in [-0.1, -0.05) is 0 Å². The Hall–Kier alpha value is -2.76. The molecule has 0 fully saturated rings. The van der Waals surface area contributed by atoms with Crippen molar-refractivity contribution in [2.75, 3.05) is 5.32 Å². The SMILES string of the molecule is Cc1nc(SC(F)F)[nH]c(=O)c1CCC(=O)Nc1ccc2c(c1)OC(F)(F)O2. The van der Waals surface area contributed by atoms with E-state index in [4.69, 9.17) is 0 Å². The second-order valence-electron chi connectivity index (χ2n) is 5.69. The molecule has 2 heterocycles. The van der Waals surface area contributed by atoms with Gasteiger partial charge < -0.3 is 19.8 Å². The standard InChI is InChI=1S/C16H13F4N3O4S/c1-7-9(13(25)23-15(21-7)28-14(17)18)3-5-12(24)22-8-2-4-10-11(6-8)27-16(19,20)26-10/h2,4,6,14H,3,5H2,1H3,(H,22,24)(H,21,23,25). The molecule has 0 spiro atoms. The first kappa shape index (κ1) is 20.0. The Bertz CT molecular complexity index is 967. The van der Waals surface area contributed by atoms with Crippen LogP contribution in [0, 0.1) is 6.92 Å². The van der Waals surface area contributed by atoms with Crippen molar-refractivity contribution in [3.05, 3.63) is 39.8 Å². The third-order valence-electron chi connectivity index (χ3n) is 3.69. The number of alkyl halides is 4. The number of fused-ring (bicyclic) bond motifs is 1. The van der Waals surface area contributed by atoms with Gasteiger partial charge in [-0.2, -0.15) is 8.78 Å². The summed E-state index contributed by atoms with van der Waals surface area (Å²) in [5.41, 5.74) is 0.0374. The van der Waals surface area contributed by atoms with Crippen molar-refractivity contribution in [2.24, 2.45) is 0 Å². The lowest BCUT2D eigenvalue weighted by molar-refractivity contribution is -0.286. The number of nitrogens with one attached hydrogen (secondary N) is 2. The summed E-state index contributed by atoms with van der Waals surface area (Å²) in [6.07, 6.45) is -3.86. The zero-order chi connectivity index (χ0) is 20.5. The zero-order valence-electron chi connectivity index (χ0n) is 14.2. The number of anilines is 1. The van der Waals surface area contributed by atoms with Gasteiger partial charge in [-0.05, 0) is 37.2 Å². The predicted octanol–water partition coefficient (Wildman–Crippen LogP) is 3.29. The summed E-state index contributed by atoms with van der Waals surface area (Å²) in [6.45, 7) is 1.48. The molecular formula is C16H13F4N3O4S. The van der Waals surface area contributed by atoms with Gasteiger partial charge in [-0.25, -0.2) is 4.98 Å². The first-order valence-electron chi connectivity index (χ1n) is 7.87. The van der Waals surface area contributed by atoms with E-state index in [1.807, 2.05) is 0 Å². The lowest BCUT2D eigenvalue weighted by Crippen LogP contribution is -2.25. The average molecular weight is 419 g/mol. The first-order valence-corrected chi connectivity index (χ1v) is 8.75. The van der Waals surface area contributed by atoms with Crippen LogP contribution in [0.4, 0.5) is 23.2 Å². The van der Waals surface area contributed by atoms with Crippen LogP contribution in [0.15, 0.2) is 28.2 Å². The summed E-state index contributed by atoms with van der Waals surface area (Å²) in [6, 6.07) is 3.77. The molecule has 28 heavy (non-hydrogen) atoms. The third-order valence-corrected chi connectivity index (χ3v) is 4.28. The second kappa shape index (κ2) is 7.70. The molecule has 150 valence electrons. The fourth-order valence-electron chi connectivity index (χ4n) is 2.51. The summed E-state index contributed by atoms with van der Waals surface area (Å²) < 4.78 is 59.3. The molecule has 1 aliphatic heterocycles. The number of carbonyl (C=O) groups is 1. The lowest BCUT2D eigenvalue weighted by atomic mass is 10.1. The minimum absolute atomic E-state index is 0.0161. The van der Waals surface area contributed by atoms with Crippen LogP contribution in [0.2, 0.25) is 0 Å². The highest BCUT2D eigenvalue weighted by Crippen LogP contribution is 2.42. The second-order valence-corrected chi connectivity index (χ2v) is 6.67. The van der Waals surface area contributed by atoms with Crippen molar-refractivity contribution in [1.82, 2.24) is 9.97 Å². The molecule has 0 aliphatic carbocycles. The topological polar surface area (TPSA) is 93.3 Å². The van der Waals surface area contributed by atoms with Crippen LogP contribution < -0.4 is 20.3 Å². The van der Waals surface area contributed by atoms with Crippen LogP contribution in [-0.4, -0.2) is 27.9 Å². The van der Waals surface area contributed by atoms with Crippen molar-refractivity contribution in [1.29, 1.82) is 0 Å². The molecule has 1 amide bonds. The van der Waals surface area contributed by atoms with E-state index in [1.165, 1.54) is 25.1 Å². The Morgan fingerprint density at radius 1 is 1.32 bits per heavy atom. The van der Waals surface area contributed by atoms with Crippen LogP contribution in [0.3, 0.4) is 0 Å². The molecular weight excluding hydrogens is 406 g/mol. The molecule has 7 nitrogen and oxygen atoms in total. The summed E-state index contributed by atoms with van der Waals surface area (Å²) >= 11 is 0.116. The van der Waals surface area contributed by atoms with Gasteiger partial charge in [-0.15, -0.1) is 8.78 Å². The lowest BCUT2D eigenvalue weighted by Gasteiger charge is -2.08. The van der Waals surface area contributed by atoms with E-state index in [0.717, 1.165) is 0 Å². The van der Waals surface area contributed by atoms with Crippen molar-refractivity contribution in [3.63, 3.8) is 0 Å². The molecule has 12 heteroatoms. The Morgan fingerprint density at radius 2 is 2.04 bits per heavy atom. The molecule has 0 saturated heterocycles. The maximum Gasteiger partial charge on any atom is 0.586 e. The summed E-state index contributed by atoms with van der Waals surface area (Å²) in [5.74, 6) is -3.58. The van der Waals surface area contributed by atoms with Crippen molar-refractivity contribution in [2.45, 2.75) is 37.0 Å². The highest BCUT2D eigenvalue weighted by Gasteiger charge is 2.43. The molecule has 0 atom stereocenters. The zero-order valence-corrected chi connectivity index (χ0v) is 15.0. The number of amides is 1. The van der Waals surface area contributed by atoms with Crippen molar-refractivity contribution >= 4 is 23.4 Å². The third kappa shape index (κ3) is 4.74. The van der Waals surface area contributed by atoms with Gasteiger partial charge in [-0.3, -0.25) is 9.59 Å². The molecule has 2 aromatic rings. The largest absolute Gasteiger partial charge is 0.586 e. The Morgan fingerprint density at radius 3 is 2.71 bits per heavy atom. The number of rotatable bonds is 6. The normalized spacial score (nSPS) is 14.4. The van der Waals surface area contributed by atoms with Gasteiger partial charge in [0, 0.05) is 29.4 Å². The Labute approximate surface area is 159 Å². The van der Waals surface area contributed by atoms with E-state index in [0.29, 0.717) is 0 Å². The number of H-pyrrole nitrogens is 1. The number of aromatic amines is 1. The van der Waals surface area contributed by atoms with E-state index in [2.05, 4.69) is 24.8 Å². The minimum Gasteiger partial charge on any atom is -0.395 e. The summed E-state index contributed by atoms with van der Waals surface area (Å²) in [5, 5.41) is 2.28. The molecule has 0 radical (unpaired) electrons. The number of ether oxygens (including phenoxy) is 2. The number of hydrogen-bond acceptors (Lipinski definition) is 6. The minimum atomic E-state index is -3.76. The van der Waals surface area contributed by atoms with Gasteiger partial charge >= 0.3 is 6.29 Å². The van der Waals surface area contributed by atoms with Crippen LogP contribution in [0.1, 0.15) is 17.7 Å². The maximum atomic E-state index is 13.0. The number of benzene rings is 1. The first-order chi connectivity index (χ1) is 13.1. The van der Waals surface area contributed by atoms with Gasteiger partial charge in [0.1, 0.15) is 0 Å². The molecule has 3 rings (SSSR count). The van der Waals surface area contributed by atoms with E-state index in [9.17, 15) is 27.2 Å². The summed E-state index contributed by atoms with van der Waals surface area (Å²) in [7, 11) is 0. The number of thioether (sulfide) groups is 1. The number of aryl methyl sites for hydroxylation is 1. The van der Waals surface area contributed by atoms with Crippen LogP contribution in [0.25, 0.3) is 0 Å². The van der Waals surface area contributed by atoms with Gasteiger partial charge in [0.15, 0.2) is 16.7 Å². The number of hydrogen-bond donors (Lipinski definition) is 2. The molecule has 1 aliphatic rings. The van der Waals surface area contributed by atoms with E-state index < -0.39 is 23.5 Å². The van der Waals surface area contributed by atoms with Gasteiger partial charge in [0.2, 0.25) is 5.91 Å². The number of halogens is 4. The monoisotopic (exact) mass is 419 g/mol. The van der Waals surface area contributed by atoms with Crippen molar-refractivity contribution < 1.29 is 31.8 Å². The Balaban J connectivity index is 1.62. The Kier molecular flexibility index (Phi) is 5.49. The van der Waals surface area contributed by atoms with Crippen LogP contribution in [0.5, 0.6) is 11.5 Å². The van der Waals surface area contributed by atoms with Gasteiger partial charge in [0.05, 0.1) is 0 Å². The molecule has 0 unspecified atom stereocenters. The van der Waals surface area contributed by atoms with Crippen molar-refractivity contribution in [3.8, 4) is 11.5 Å². The fraction of sp³-hybridized carbons (Fsp3) is 0.312. The fourth-order valence-corrected chi connectivity index (χ4v) is 3.02. The van der Waals surface area contributed by atoms with Crippen LogP contribution in [-0.2, 0) is 11.2 Å². The maximum absolute atomic E-state index is 13.0. The van der Waals surface area contributed by atoms with E-state index in [-0.39, 0.29) is 58.2 Å². The quantitative estimate of drug-likeness (QED) is 0.424. The highest BCUT2D eigenvalue weighted by molar-refractivity contribution is 7.99. The van der Waals surface area contributed by atoms with Crippen LogP contribution >= 0.6 is 11.8 Å². The smallest absolute Gasteiger partial charge is 0.395 e. The predicted molar refractivity (Wildman–Crippen MR) is 91.1 cm³/mol. The van der Waals surface area contributed by atoms with E-state index >= 15 is 0 Å². The molecule has 2 N–H and O–H groups in total.